The maximum absolute atomic E-state index is 12.6. The molecule has 0 saturated heterocycles. The molecular formula is C27H31N5O3S. The van der Waals surface area contributed by atoms with Gasteiger partial charge in [-0.15, -0.1) is 0 Å². The molecule has 9 heteroatoms. The van der Waals surface area contributed by atoms with Crippen molar-refractivity contribution in [2.75, 3.05) is 11.1 Å². The molecule has 0 saturated carbocycles. The molecule has 4 rings (SSSR count). The van der Waals surface area contributed by atoms with Gasteiger partial charge in [-0.05, 0) is 69.2 Å². The fourth-order valence-corrected chi connectivity index (χ4v) is 4.69. The summed E-state index contributed by atoms with van der Waals surface area (Å²) in [6.45, 7) is 9.80. The Hall–Kier alpha value is -3.72. The fraction of sp³-hybridized carbons (Fsp3) is 0.296. The van der Waals surface area contributed by atoms with Crippen LogP contribution in [0.4, 0.5) is 5.69 Å². The lowest BCUT2D eigenvalue weighted by Crippen LogP contribution is -2.22. The number of nitrogens with one attached hydrogen (secondary N) is 2. The molecule has 36 heavy (non-hydrogen) atoms. The van der Waals surface area contributed by atoms with Crippen molar-refractivity contribution in [1.29, 1.82) is 4.78 Å². The average molecular weight is 506 g/mol. The third-order valence-corrected chi connectivity index (χ3v) is 7.67. The molecule has 0 aliphatic heterocycles. The van der Waals surface area contributed by atoms with Crippen LogP contribution in [0, 0.1) is 11.7 Å². The number of pyridine rings is 1. The molecule has 0 fully saturated rings. The number of aryl methyl sites for hydroxylation is 1. The Bertz CT molecular complexity index is 1530. The van der Waals surface area contributed by atoms with E-state index in [1.807, 2.05) is 56.8 Å². The van der Waals surface area contributed by atoms with Crippen molar-refractivity contribution in [2.45, 2.75) is 51.5 Å². The van der Waals surface area contributed by atoms with Crippen LogP contribution in [0.2, 0.25) is 0 Å². The predicted octanol–water partition coefficient (Wildman–Crippen LogP) is 5.89. The van der Waals surface area contributed by atoms with Crippen LogP contribution in [-0.4, -0.2) is 30.6 Å². The molecular weight excluding hydrogens is 474 g/mol. The van der Waals surface area contributed by atoms with Crippen LogP contribution in [0.1, 0.15) is 38.8 Å². The first-order chi connectivity index (χ1) is 17.0. The highest BCUT2D eigenvalue weighted by Crippen LogP contribution is 2.32. The lowest BCUT2D eigenvalue weighted by Gasteiger charge is -2.18. The van der Waals surface area contributed by atoms with Crippen LogP contribution in [0.5, 0.6) is 11.5 Å². The van der Waals surface area contributed by atoms with Gasteiger partial charge in [-0.2, -0.15) is 5.10 Å². The van der Waals surface area contributed by atoms with Crippen molar-refractivity contribution < 1.29 is 13.7 Å². The Labute approximate surface area is 211 Å². The number of hydrogen-bond acceptors (Lipinski definition) is 6. The van der Waals surface area contributed by atoms with Crippen LogP contribution >= 0.6 is 0 Å². The first kappa shape index (κ1) is 25.4. The lowest BCUT2D eigenvalue weighted by molar-refractivity contribution is -0.115. The van der Waals surface area contributed by atoms with Gasteiger partial charge in [-0.1, -0.05) is 19.1 Å². The molecule has 2 heterocycles. The van der Waals surface area contributed by atoms with Gasteiger partial charge in [-0.3, -0.25) is 14.5 Å². The van der Waals surface area contributed by atoms with E-state index in [1.54, 1.807) is 43.6 Å². The second-order valence-electron chi connectivity index (χ2n) is 9.72. The molecule has 0 aliphatic carbocycles. The number of carbonyl (C=O) groups is 1. The molecule has 0 spiro atoms. The summed E-state index contributed by atoms with van der Waals surface area (Å²) < 4.78 is 28.7. The van der Waals surface area contributed by atoms with Crippen molar-refractivity contribution in [3.63, 3.8) is 0 Å². The summed E-state index contributed by atoms with van der Waals surface area (Å²) in [5.74, 6) is 1.32. The van der Waals surface area contributed by atoms with E-state index in [0.29, 0.717) is 33.0 Å². The number of hydrogen-bond donors (Lipinski definition) is 2. The minimum absolute atomic E-state index is 0.126. The van der Waals surface area contributed by atoms with Gasteiger partial charge in [-0.25, -0.2) is 8.99 Å². The average Bonchev–Trinajstić information content (AvgIpc) is 3.29. The van der Waals surface area contributed by atoms with Gasteiger partial charge in [0.05, 0.1) is 39.1 Å². The zero-order valence-electron chi connectivity index (χ0n) is 21.2. The number of nitrogens with zero attached hydrogens (tertiary/aromatic N) is 3. The van der Waals surface area contributed by atoms with Crippen molar-refractivity contribution in [3.05, 3.63) is 72.2 Å². The van der Waals surface area contributed by atoms with Gasteiger partial charge >= 0.3 is 0 Å². The second-order valence-corrected chi connectivity index (χ2v) is 12.1. The summed E-state index contributed by atoms with van der Waals surface area (Å²) in [6.07, 6.45) is 5.35. The van der Waals surface area contributed by atoms with Gasteiger partial charge in [0.15, 0.2) is 0 Å². The smallest absolute Gasteiger partial charge is 0.228 e. The maximum atomic E-state index is 12.6. The maximum Gasteiger partial charge on any atom is 0.228 e. The first-order valence-electron chi connectivity index (χ1n) is 11.7. The summed E-state index contributed by atoms with van der Waals surface area (Å²) in [7, 11) is -2.86. The van der Waals surface area contributed by atoms with Crippen LogP contribution < -0.4 is 10.1 Å². The Morgan fingerprint density at radius 3 is 2.58 bits per heavy atom. The normalized spacial score (nSPS) is 13.4. The van der Waals surface area contributed by atoms with E-state index in [2.05, 4.69) is 15.4 Å². The molecule has 188 valence electrons. The Balaban J connectivity index is 1.51. The van der Waals surface area contributed by atoms with Crippen LogP contribution in [0.15, 0.2) is 66.0 Å². The summed E-state index contributed by atoms with van der Waals surface area (Å²) in [4.78, 5) is 17.4. The first-order valence-corrected chi connectivity index (χ1v) is 13.5. The number of aromatic nitrogens is 3. The predicted molar refractivity (Wildman–Crippen MR) is 142 cm³/mol. The molecule has 0 bridgehead atoms. The van der Waals surface area contributed by atoms with E-state index in [1.165, 1.54) is 0 Å². The Morgan fingerprint density at radius 2 is 1.92 bits per heavy atom. The van der Waals surface area contributed by atoms with E-state index in [9.17, 15) is 9.00 Å². The largest absolute Gasteiger partial charge is 0.456 e. The highest BCUT2D eigenvalue weighted by Gasteiger charge is 2.16. The highest BCUT2D eigenvalue weighted by molar-refractivity contribution is 7.92. The summed E-state index contributed by atoms with van der Waals surface area (Å²) in [5, 5.41) is 7.91. The lowest BCUT2D eigenvalue weighted by atomic mass is 10.1. The van der Waals surface area contributed by atoms with Gasteiger partial charge < -0.3 is 10.1 Å². The summed E-state index contributed by atoms with van der Waals surface area (Å²) in [6, 6.07) is 12.6. The highest BCUT2D eigenvalue weighted by atomic mass is 32.2. The number of anilines is 1. The van der Waals surface area contributed by atoms with E-state index >= 15 is 0 Å². The van der Waals surface area contributed by atoms with Crippen molar-refractivity contribution in [3.8, 4) is 11.5 Å². The monoisotopic (exact) mass is 505 g/mol. The van der Waals surface area contributed by atoms with Crippen molar-refractivity contribution >= 4 is 32.2 Å². The summed E-state index contributed by atoms with van der Waals surface area (Å²) in [5.41, 5.74) is 2.94. The molecule has 2 N–H and O–H groups in total. The third-order valence-electron chi connectivity index (χ3n) is 5.84. The minimum Gasteiger partial charge on any atom is -0.456 e. The molecule has 0 radical (unpaired) electrons. The van der Waals surface area contributed by atoms with E-state index in [0.717, 1.165) is 11.1 Å². The van der Waals surface area contributed by atoms with Crippen molar-refractivity contribution in [2.24, 2.45) is 0 Å². The molecule has 2 aromatic heterocycles. The summed E-state index contributed by atoms with van der Waals surface area (Å²) >= 11 is 0. The third kappa shape index (κ3) is 5.57. The number of carbonyl (C=O) groups excluding carboxylic acids is 1. The Morgan fingerprint density at radius 1 is 1.14 bits per heavy atom. The number of amides is 1. The molecule has 0 aliphatic rings. The SMILES string of the molecule is CCS(=N)(=O)c1ccc2nccc(Oc3ccc(CC(=O)Nc4cnn(C(C)(C)C)c4)cc3C)c2c1. The van der Waals surface area contributed by atoms with Gasteiger partial charge in [0.25, 0.3) is 0 Å². The van der Waals surface area contributed by atoms with Gasteiger partial charge in [0, 0.05) is 28.4 Å². The second kappa shape index (κ2) is 9.73. The zero-order valence-corrected chi connectivity index (χ0v) is 22.0. The minimum atomic E-state index is -2.86. The van der Waals surface area contributed by atoms with E-state index in [4.69, 9.17) is 9.52 Å². The standard InChI is InChI=1S/C27H31N5O3S/c1-6-36(28,34)21-8-9-23-22(15-21)25(11-12-29-23)35-24-10-7-19(13-18(24)2)14-26(33)31-20-16-30-32(17-20)27(3,4)5/h7-13,15-17,28H,6,14H2,1-5H3,(H,31,33). The van der Waals surface area contributed by atoms with Crippen LogP contribution in [-0.2, 0) is 26.5 Å². The fourth-order valence-electron chi connectivity index (χ4n) is 3.76. The topological polar surface area (TPSA) is 110 Å². The van der Waals surface area contributed by atoms with E-state index < -0.39 is 9.73 Å². The zero-order chi connectivity index (χ0) is 26.1. The van der Waals surface area contributed by atoms with Gasteiger partial charge in [0.2, 0.25) is 5.91 Å². The number of fused-ring (bicyclic) bond motifs is 1. The van der Waals surface area contributed by atoms with E-state index in [-0.39, 0.29) is 23.6 Å². The molecule has 8 nitrogen and oxygen atoms in total. The van der Waals surface area contributed by atoms with Gasteiger partial charge in [0.1, 0.15) is 11.5 Å². The quantitative estimate of drug-likeness (QED) is 0.325. The molecule has 4 aromatic rings. The van der Waals surface area contributed by atoms with Crippen LogP contribution in [0.25, 0.3) is 10.9 Å². The molecule has 2 aromatic carbocycles. The molecule has 1 amide bonds. The molecule has 1 unspecified atom stereocenters. The van der Waals surface area contributed by atoms with Crippen LogP contribution in [0.3, 0.4) is 0 Å². The number of benzene rings is 2. The number of rotatable bonds is 7. The van der Waals surface area contributed by atoms with Crippen molar-refractivity contribution in [1.82, 2.24) is 14.8 Å². The Kier molecular flexibility index (Phi) is 6.86. The number of ether oxygens (including phenoxy) is 1. The molecule has 1 atom stereocenters.